The van der Waals surface area contributed by atoms with E-state index in [1.54, 1.807) is 6.07 Å². The Balaban J connectivity index is 2.15. The van der Waals surface area contributed by atoms with Crippen LogP contribution in [-0.2, 0) is 0 Å². The second-order valence-electron chi connectivity index (χ2n) is 4.22. The van der Waals surface area contributed by atoms with E-state index < -0.39 is 4.92 Å². The van der Waals surface area contributed by atoms with Gasteiger partial charge >= 0.3 is 0 Å². The Labute approximate surface area is 123 Å². The number of hydrogen-bond acceptors (Lipinski definition) is 3. The minimum atomic E-state index is -0.500. The molecule has 0 saturated carbocycles. The number of hydrogen-bond donors (Lipinski definition) is 1. The summed E-state index contributed by atoms with van der Waals surface area (Å²) in [6.45, 7) is 1.92. The van der Waals surface area contributed by atoms with Crippen molar-refractivity contribution in [2.24, 2.45) is 0 Å². The Morgan fingerprint density at radius 1 is 1.20 bits per heavy atom. The van der Waals surface area contributed by atoms with Gasteiger partial charge in [-0.15, -0.1) is 0 Å². The largest absolute Gasteiger partial charge is 0.322 e. The van der Waals surface area contributed by atoms with Crippen molar-refractivity contribution in [2.45, 2.75) is 6.92 Å². The lowest BCUT2D eigenvalue weighted by Gasteiger charge is -2.07. The Morgan fingerprint density at radius 2 is 1.85 bits per heavy atom. The first kappa shape index (κ1) is 14.2. The fourth-order valence-electron chi connectivity index (χ4n) is 1.66. The van der Waals surface area contributed by atoms with E-state index in [4.69, 9.17) is 0 Å². The Morgan fingerprint density at radius 3 is 2.40 bits per heavy atom. The molecule has 0 radical (unpaired) electrons. The van der Waals surface area contributed by atoms with E-state index in [1.807, 2.05) is 19.1 Å². The summed E-state index contributed by atoms with van der Waals surface area (Å²) in [6.07, 6.45) is 0. The summed E-state index contributed by atoms with van der Waals surface area (Å²) in [5.74, 6) is -0.304. The van der Waals surface area contributed by atoms with Crippen molar-refractivity contribution >= 4 is 33.2 Å². The number of non-ortho nitro benzene ring substituents is 1. The molecule has 1 N–H and O–H groups in total. The number of aryl methyl sites for hydroxylation is 1. The monoisotopic (exact) mass is 334 g/mol. The van der Waals surface area contributed by atoms with Crippen LogP contribution in [0.15, 0.2) is 46.9 Å². The van der Waals surface area contributed by atoms with Gasteiger partial charge < -0.3 is 5.32 Å². The molecule has 0 heterocycles. The van der Waals surface area contributed by atoms with Gasteiger partial charge in [-0.05, 0) is 42.8 Å². The third-order valence-electron chi connectivity index (χ3n) is 2.76. The van der Waals surface area contributed by atoms with Crippen LogP contribution in [0.4, 0.5) is 11.4 Å². The molecule has 0 saturated heterocycles. The van der Waals surface area contributed by atoms with Gasteiger partial charge in [0.1, 0.15) is 0 Å². The minimum Gasteiger partial charge on any atom is -0.322 e. The summed E-state index contributed by atoms with van der Waals surface area (Å²) >= 11 is 3.39. The molecule has 102 valence electrons. The SMILES string of the molecule is Cc1cc(NC(=O)c2ccc([N+](=O)[O-])cc2)ccc1Br. The van der Waals surface area contributed by atoms with E-state index in [0.29, 0.717) is 11.3 Å². The number of nitro benzene ring substituents is 1. The highest BCUT2D eigenvalue weighted by Crippen LogP contribution is 2.20. The zero-order chi connectivity index (χ0) is 14.7. The van der Waals surface area contributed by atoms with E-state index in [2.05, 4.69) is 21.2 Å². The van der Waals surface area contributed by atoms with Crippen LogP contribution in [0.1, 0.15) is 15.9 Å². The number of benzene rings is 2. The van der Waals surface area contributed by atoms with Crippen LogP contribution >= 0.6 is 15.9 Å². The van der Waals surface area contributed by atoms with Gasteiger partial charge in [-0.2, -0.15) is 0 Å². The number of carbonyl (C=O) groups is 1. The summed E-state index contributed by atoms with van der Waals surface area (Å²) in [7, 11) is 0. The summed E-state index contributed by atoms with van der Waals surface area (Å²) < 4.78 is 0.964. The van der Waals surface area contributed by atoms with Crippen molar-refractivity contribution in [2.75, 3.05) is 5.32 Å². The van der Waals surface area contributed by atoms with E-state index in [0.717, 1.165) is 10.0 Å². The second-order valence-corrected chi connectivity index (χ2v) is 5.08. The molecule has 6 heteroatoms. The van der Waals surface area contributed by atoms with Crippen LogP contribution in [-0.4, -0.2) is 10.8 Å². The Hall–Kier alpha value is -2.21. The number of nitrogens with zero attached hydrogens (tertiary/aromatic N) is 1. The smallest absolute Gasteiger partial charge is 0.269 e. The highest BCUT2D eigenvalue weighted by molar-refractivity contribution is 9.10. The maximum absolute atomic E-state index is 12.0. The van der Waals surface area contributed by atoms with Crippen LogP contribution < -0.4 is 5.32 Å². The number of nitrogens with one attached hydrogen (secondary N) is 1. The third kappa shape index (κ3) is 3.21. The number of halogens is 1. The third-order valence-corrected chi connectivity index (χ3v) is 3.65. The molecule has 1 amide bonds. The Bertz CT molecular complexity index is 669. The highest BCUT2D eigenvalue weighted by Gasteiger charge is 2.10. The first-order valence-electron chi connectivity index (χ1n) is 5.79. The molecule has 0 aliphatic rings. The highest BCUT2D eigenvalue weighted by atomic mass is 79.9. The number of carbonyl (C=O) groups excluding carboxylic acids is 1. The quantitative estimate of drug-likeness (QED) is 0.683. The van der Waals surface area contributed by atoms with Gasteiger partial charge in [-0.3, -0.25) is 14.9 Å². The normalized spacial score (nSPS) is 10.1. The van der Waals surface area contributed by atoms with Crippen LogP contribution in [0.25, 0.3) is 0 Å². The van der Waals surface area contributed by atoms with Crippen molar-refractivity contribution in [1.82, 2.24) is 0 Å². The number of rotatable bonds is 3. The average Bonchev–Trinajstić information content (AvgIpc) is 2.43. The van der Waals surface area contributed by atoms with Crippen molar-refractivity contribution in [3.05, 3.63) is 68.2 Å². The second kappa shape index (κ2) is 5.83. The van der Waals surface area contributed by atoms with Crippen LogP contribution in [0.3, 0.4) is 0 Å². The number of amides is 1. The topological polar surface area (TPSA) is 72.2 Å². The van der Waals surface area contributed by atoms with Crippen LogP contribution in [0.2, 0.25) is 0 Å². The Kier molecular flexibility index (Phi) is 4.14. The van der Waals surface area contributed by atoms with Crippen molar-refractivity contribution in [3.63, 3.8) is 0 Å². The van der Waals surface area contributed by atoms with Crippen molar-refractivity contribution in [1.29, 1.82) is 0 Å². The predicted octanol–water partition coefficient (Wildman–Crippen LogP) is 3.92. The molecule has 0 fully saturated rings. The molecule has 2 aromatic carbocycles. The van der Waals surface area contributed by atoms with Gasteiger partial charge in [0.2, 0.25) is 0 Å². The molecule has 0 aromatic heterocycles. The molecular weight excluding hydrogens is 324 g/mol. The summed E-state index contributed by atoms with van der Waals surface area (Å²) in [5, 5.41) is 13.3. The maximum atomic E-state index is 12.0. The molecule has 0 aliphatic carbocycles. The summed E-state index contributed by atoms with van der Waals surface area (Å²) in [5.41, 5.74) is 2.01. The minimum absolute atomic E-state index is 0.0407. The van der Waals surface area contributed by atoms with Gasteiger partial charge in [0.15, 0.2) is 0 Å². The van der Waals surface area contributed by atoms with Crippen LogP contribution in [0, 0.1) is 17.0 Å². The molecule has 2 aromatic rings. The molecule has 2 rings (SSSR count). The molecule has 0 bridgehead atoms. The van der Waals surface area contributed by atoms with Gasteiger partial charge in [-0.1, -0.05) is 15.9 Å². The lowest BCUT2D eigenvalue weighted by atomic mass is 10.1. The molecule has 20 heavy (non-hydrogen) atoms. The fourth-order valence-corrected chi connectivity index (χ4v) is 1.91. The van der Waals surface area contributed by atoms with Crippen LogP contribution in [0.5, 0.6) is 0 Å². The maximum Gasteiger partial charge on any atom is 0.269 e. The van der Waals surface area contributed by atoms with Gasteiger partial charge in [0.05, 0.1) is 4.92 Å². The number of nitro groups is 1. The number of anilines is 1. The van der Waals surface area contributed by atoms with Gasteiger partial charge in [0, 0.05) is 27.9 Å². The first-order chi connectivity index (χ1) is 9.47. The van der Waals surface area contributed by atoms with Gasteiger partial charge in [-0.25, -0.2) is 0 Å². The summed E-state index contributed by atoms with van der Waals surface area (Å²) in [4.78, 5) is 22.0. The lowest BCUT2D eigenvalue weighted by molar-refractivity contribution is -0.384. The predicted molar refractivity (Wildman–Crippen MR) is 79.9 cm³/mol. The van der Waals surface area contributed by atoms with E-state index in [9.17, 15) is 14.9 Å². The average molecular weight is 335 g/mol. The molecular formula is C14H11BrN2O3. The molecule has 0 spiro atoms. The van der Waals surface area contributed by atoms with Crippen molar-refractivity contribution in [3.8, 4) is 0 Å². The summed E-state index contributed by atoms with van der Waals surface area (Å²) in [6, 6.07) is 10.9. The zero-order valence-corrected chi connectivity index (χ0v) is 12.2. The van der Waals surface area contributed by atoms with E-state index in [-0.39, 0.29) is 11.6 Å². The van der Waals surface area contributed by atoms with Gasteiger partial charge in [0.25, 0.3) is 11.6 Å². The standard InChI is InChI=1S/C14H11BrN2O3/c1-9-8-11(4-7-13(9)15)16-14(18)10-2-5-12(6-3-10)17(19)20/h2-8H,1H3,(H,16,18). The molecule has 0 atom stereocenters. The lowest BCUT2D eigenvalue weighted by Crippen LogP contribution is -2.11. The van der Waals surface area contributed by atoms with Crippen molar-refractivity contribution < 1.29 is 9.72 Å². The van der Waals surface area contributed by atoms with E-state index >= 15 is 0 Å². The first-order valence-corrected chi connectivity index (χ1v) is 6.58. The molecule has 0 aliphatic heterocycles. The molecule has 0 unspecified atom stereocenters. The molecule has 5 nitrogen and oxygen atoms in total. The van der Waals surface area contributed by atoms with E-state index in [1.165, 1.54) is 24.3 Å². The zero-order valence-electron chi connectivity index (χ0n) is 10.6. The fraction of sp³-hybridized carbons (Fsp3) is 0.0714.